The predicted octanol–water partition coefficient (Wildman–Crippen LogP) is 4.44. The largest absolute Gasteiger partial charge is 0.493 e. The minimum atomic E-state index is -0.386. The highest BCUT2D eigenvalue weighted by Gasteiger charge is 2.35. The standard InChI is InChI=1S/C25H32N2O4/c1-5-13-26(14-6-2)24(28)16-21(18-11-12-22(30-3)23(15-18)31-4)27-17-19-9-7-8-10-20(19)25(27)29/h7-12,15,21H,5-6,13-14,16-17H2,1-4H3/t21-/m1/s1. The second-order valence-corrected chi connectivity index (χ2v) is 7.81. The van der Waals surface area contributed by atoms with E-state index in [0.29, 0.717) is 23.6 Å². The van der Waals surface area contributed by atoms with Crippen LogP contribution >= 0.6 is 0 Å². The fraction of sp³-hybridized carbons (Fsp3) is 0.440. The molecular formula is C25H32N2O4. The molecule has 2 aromatic rings. The van der Waals surface area contributed by atoms with Crippen LogP contribution in [0, 0.1) is 0 Å². The molecule has 2 amide bonds. The first kappa shape index (κ1) is 22.7. The summed E-state index contributed by atoms with van der Waals surface area (Å²) >= 11 is 0. The Balaban J connectivity index is 1.97. The fourth-order valence-electron chi connectivity index (χ4n) is 4.19. The monoisotopic (exact) mass is 424 g/mol. The maximum atomic E-state index is 13.3. The van der Waals surface area contributed by atoms with Crippen LogP contribution in [0.2, 0.25) is 0 Å². The van der Waals surface area contributed by atoms with Crippen LogP contribution < -0.4 is 9.47 Å². The smallest absolute Gasteiger partial charge is 0.255 e. The molecule has 1 heterocycles. The van der Waals surface area contributed by atoms with Crippen molar-refractivity contribution in [3.8, 4) is 11.5 Å². The van der Waals surface area contributed by atoms with Crippen molar-refractivity contribution in [1.29, 1.82) is 0 Å². The van der Waals surface area contributed by atoms with Crippen molar-refractivity contribution in [2.75, 3.05) is 27.3 Å². The van der Waals surface area contributed by atoms with Crippen molar-refractivity contribution in [1.82, 2.24) is 9.80 Å². The highest BCUT2D eigenvalue weighted by molar-refractivity contribution is 5.98. The minimum absolute atomic E-state index is 0.0410. The zero-order valence-corrected chi connectivity index (χ0v) is 18.9. The van der Waals surface area contributed by atoms with Gasteiger partial charge in [-0.2, -0.15) is 0 Å². The van der Waals surface area contributed by atoms with E-state index in [4.69, 9.17) is 9.47 Å². The molecule has 0 N–H and O–H groups in total. The first-order valence-corrected chi connectivity index (χ1v) is 10.9. The second-order valence-electron chi connectivity index (χ2n) is 7.81. The van der Waals surface area contributed by atoms with Crippen LogP contribution in [0.1, 0.15) is 60.6 Å². The topological polar surface area (TPSA) is 59.1 Å². The number of methoxy groups -OCH3 is 2. The Hall–Kier alpha value is -3.02. The first-order valence-electron chi connectivity index (χ1n) is 10.9. The number of fused-ring (bicyclic) bond motifs is 1. The van der Waals surface area contributed by atoms with Crippen molar-refractivity contribution in [3.05, 3.63) is 59.2 Å². The van der Waals surface area contributed by atoms with Crippen LogP contribution in [-0.4, -0.2) is 48.9 Å². The number of ether oxygens (including phenoxy) is 2. The Morgan fingerprint density at radius 3 is 2.32 bits per heavy atom. The predicted molar refractivity (Wildman–Crippen MR) is 120 cm³/mol. The summed E-state index contributed by atoms with van der Waals surface area (Å²) in [6, 6.07) is 12.9. The number of carbonyl (C=O) groups excluding carboxylic acids is 2. The summed E-state index contributed by atoms with van der Waals surface area (Å²) in [4.78, 5) is 30.2. The normalized spacial score (nSPS) is 13.7. The fourth-order valence-corrected chi connectivity index (χ4v) is 4.19. The van der Waals surface area contributed by atoms with E-state index in [1.807, 2.05) is 47.4 Å². The third kappa shape index (κ3) is 4.84. The lowest BCUT2D eigenvalue weighted by Crippen LogP contribution is -2.37. The van der Waals surface area contributed by atoms with E-state index in [-0.39, 0.29) is 24.3 Å². The molecule has 0 unspecified atom stereocenters. The number of carbonyl (C=O) groups is 2. The van der Waals surface area contributed by atoms with Crippen molar-refractivity contribution < 1.29 is 19.1 Å². The van der Waals surface area contributed by atoms with Gasteiger partial charge >= 0.3 is 0 Å². The van der Waals surface area contributed by atoms with E-state index in [1.54, 1.807) is 19.1 Å². The third-order valence-corrected chi connectivity index (χ3v) is 5.73. The minimum Gasteiger partial charge on any atom is -0.493 e. The van der Waals surface area contributed by atoms with Crippen LogP contribution in [0.5, 0.6) is 11.5 Å². The molecule has 6 nitrogen and oxygen atoms in total. The molecule has 0 radical (unpaired) electrons. The molecule has 0 spiro atoms. The van der Waals surface area contributed by atoms with E-state index >= 15 is 0 Å². The summed E-state index contributed by atoms with van der Waals surface area (Å²) in [6.07, 6.45) is 2.04. The number of amides is 2. The molecule has 2 aromatic carbocycles. The summed E-state index contributed by atoms with van der Waals surface area (Å²) in [5, 5.41) is 0. The summed E-state index contributed by atoms with van der Waals surface area (Å²) in [5.41, 5.74) is 2.56. The van der Waals surface area contributed by atoms with Gasteiger partial charge in [-0.05, 0) is 42.2 Å². The van der Waals surface area contributed by atoms with Crippen molar-refractivity contribution in [2.45, 2.75) is 45.7 Å². The molecule has 1 atom stereocenters. The van der Waals surface area contributed by atoms with Gasteiger partial charge in [0.05, 0.1) is 26.7 Å². The molecule has 1 aliphatic rings. The molecule has 6 heteroatoms. The van der Waals surface area contributed by atoms with Gasteiger partial charge in [0.2, 0.25) is 5.91 Å². The maximum absolute atomic E-state index is 13.3. The zero-order chi connectivity index (χ0) is 22.4. The molecule has 0 aromatic heterocycles. The van der Waals surface area contributed by atoms with Gasteiger partial charge in [-0.3, -0.25) is 9.59 Å². The van der Waals surface area contributed by atoms with Crippen molar-refractivity contribution in [3.63, 3.8) is 0 Å². The number of benzene rings is 2. The van der Waals surface area contributed by atoms with E-state index < -0.39 is 0 Å². The average molecular weight is 425 g/mol. The lowest BCUT2D eigenvalue weighted by atomic mass is 10.00. The third-order valence-electron chi connectivity index (χ3n) is 5.73. The molecule has 3 rings (SSSR count). The molecule has 0 bridgehead atoms. The lowest BCUT2D eigenvalue weighted by molar-refractivity contribution is -0.132. The van der Waals surface area contributed by atoms with Crippen LogP contribution in [0.3, 0.4) is 0 Å². The van der Waals surface area contributed by atoms with Crippen LogP contribution in [0.15, 0.2) is 42.5 Å². The van der Waals surface area contributed by atoms with E-state index in [9.17, 15) is 9.59 Å². The lowest BCUT2D eigenvalue weighted by Gasteiger charge is -2.31. The Morgan fingerprint density at radius 2 is 1.71 bits per heavy atom. The summed E-state index contributed by atoms with van der Waals surface area (Å²) in [5.74, 6) is 1.22. The van der Waals surface area contributed by atoms with E-state index in [1.165, 1.54) is 0 Å². The van der Waals surface area contributed by atoms with Gasteiger partial charge in [-0.15, -0.1) is 0 Å². The SMILES string of the molecule is CCCN(CCC)C(=O)C[C@H](c1ccc(OC)c(OC)c1)N1Cc2ccccc2C1=O. The van der Waals surface area contributed by atoms with Crippen LogP contribution in [-0.2, 0) is 11.3 Å². The Kier molecular flexibility index (Phi) is 7.55. The second kappa shape index (κ2) is 10.3. The summed E-state index contributed by atoms with van der Waals surface area (Å²) in [6.45, 7) is 6.08. The Morgan fingerprint density at radius 1 is 1.03 bits per heavy atom. The number of rotatable bonds is 10. The molecule has 31 heavy (non-hydrogen) atoms. The Labute approximate surface area is 184 Å². The summed E-state index contributed by atoms with van der Waals surface area (Å²) < 4.78 is 10.9. The number of nitrogens with zero attached hydrogens (tertiary/aromatic N) is 2. The van der Waals surface area contributed by atoms with E-state index in [2.05, 4.69) is 13.8 Å². The van der Waals surface area contributed by atoms with Gasteiger partial charge in [0.1, 0.15) is 0 Å². The average Bonchev–Trinajstić information content (AvgIpc) is 3.13. The first-order chi connectivity index (χ1) is 15.0. The van der Waals surface area contributed by atoms with Gasteiger partial charge in [0.15, 0.2) is 11.5 Å². The molecule has 1 aliphatic heterocycles. The van der Waals surface area contributed by atoms with Gasteiger partial charge < -0.3 is 19.3 Å². The van der Waals surface area contributed by atoms with Crippen molar-refractivity contribution >= 4 is 11.8 Å². The van der Waals surface area contributed by atoms with E-state index in [0.717, 1.165) is 37.1 Å². The molecule has 0 saturated heterocycles. The molecule has 166 valence electrons. The quantitative estimate of drug-likeness (QED) is 0.566. The molecule has 0 fully saturated rings. The van der Waals surface area contributed by atoms with Crippen LogP contribution in [0.4, 0.5) is 0 Å². The van der Waals surface area contributed by atoms with Crippen molar-refractivity contribution in [2.24, 2.45) is 0 Å². The number of hydrogen-bond donors (Lipinski definition) is 0. The molecule has 0 saturated carbocycles. The van der Waals surface area contributed by atoms with Gasteiger partial charge in [-0.25, -0.2) is 0 Å². The zero-order valence-electron chi connectivity index (χ0n) is 18.9. The highest BCUT2D eigenvalue weighted by atomic mass is 16.5. The van der Waals surface area contributed by atoms with Crippen LogP contribution in [0.25, 0.3) is 0 Å². The maximum Gasteiger partial charge on any atom is 0.255 e. The Bertz CT molecular complexity index is 921. The van der Waals surface area contributed by atoms with Gasteiger partial charge in [0.25, 0.3) is 5.91 Å². The molecular weight excluding hydrogens is 392 g/mol. The molecule has 0 aliphatic carbocycles. The highest BCUT2D eigenvalue weighted by Crippen LogP contribution is 2.37. The van der Waals surface area contributed by atoms with Gasteiger partial charge in [-0.1, -0.05) is 38.1 Å². The number of hydrogen-bond acceptors (Lipinski definition) is 4. The summed E-state index contributed by atoms with van der Waals surface area (Å²) in [7, 11) is 3.18. The van der Waals surface area contributed by atoms with Gasteiger partial charge in [0, 0.05) is 25.2 Å².